The number of esters is 1. The fourth-order valence-electron chi connectivity index (χ4n) is 3.18. The standard InChI is InChI=1S/C25H19FINO4/c1-15-12-17(10-11-20(15)27)24-28-21(25(29)32-24)13-16-7-5-9-22(30-2)23(16)31-14-18-6-3-4-8-19(18)26/h3-13H,14H2,1-2H3/b21-13-. The Balaban J connectivity index is 1.67. The summed E-state index contributed by atoms with van der Waals surface area (Å²) >= 11 is 2.24. The number of hydrogen-bond donors (Lipinski definition) is 0. The predicted molar refractivity (Wildman–Crippen MR) is 128 cm³/mol. The van der Waals surface area contributed by atoms with Gasteiger partial charge >= 0.3 is 5.97 Å². The second-order valence-electron chi connectivity index (χ2n) is 7.06. The fourth-order valence-corrected chi connectivity index (χ4v) is 3.52. The van der Waals surface area contributed by atoms with Gasteiger partial charge in [-0.3, -0.25) is 0 Å². The van der Waals surface area contributed by atoms with Crippen molar-refractivity contribution in [1.29, 1.82) is 0 Å². The Bertz CT molecular complexity index is 1250. The molecule has 0 radical (unpaired) electrons. The van der Waals surface area contributed by atoms with Crippen LogP contribution < -0.4 is 9.47 Å². The number of para-hydroxylation sites is 1. The average Bonchev–Trinajstić information content (AvgIpc) is 3.15. The molecule has 0 spiro atoms. The van der Waals surface area contributed by atoms with Gasteiger partial charge in [0.15, 0.2) is 17.2 Å². The van der Waals surface area contributed by atoms with Gasteiger partial charge in [-0.05, 0) is 71.5 Å². The molecule has 0 atom stereocenters. The van der Waals surface area contributed by atoms with Crippen molar-refractivity contribution in [2.75, 3.05) is 7.11 Å². The van der Waals surface area contributed by atoms with Crippen LogP contribution >= 0.6 is 22.6 Å². The van der Waals surface area contributed by atoms with Gasteiger partial charge in [0.05, 0.1) is 7.11 Å². The van der Waals surface area contributed by atoms with Crippen LogP contribution in [0.5, 0.6) is 11.5 Å². The van der Waals surface area contributed by atoms with Gasteiger partial charge in [-0.25, -0.2) is 14.2 Å². The van der Waals surface area contributed by atoms with E-state index in [1.807, 2.05) is 25.1 Å². The van der Waals surface area contributed by atoms with Crippen molar-refractivity contribution in [3.63, 3.8) is 0 Å². The van der Waals surface area contributed by atoms with Gasteiger partial charge in [-0.1, -0.05) is 30.3 Å². The highest BCUT2D eigenvalue weighted by Crippen LogP contribution is 2.34. The van der Waals surface area contributed by atoms with Crippen LogP contribution in [0.4, 0.5) is 4.39 Å². The normalized spacial score (nSPS) is 14.3. The molecule has 1 aliphatic heterocycles. The predicted octanol–water partition coefficient (Wildman–Crippen LogP) is 5.67. The molecule has 0 saturated carbocycles. The Morgan fingerprint density at radius 3 is 2.69 bits per heavy atom. The van der Waals surface area contributed by atoms with Crippen molar-refractivity contribution in [3.05, 3.63) is 98.0 Å². The first-order valence-corrected chi connectivity index (χ1v) is 10.9. The van der Waals surface area contributed by atoms with Crippen molar-refractivity contribution in [1.82, 2.24) is 0 Å². The minimum absolute atomic E-state index is 0.00408. The van der Waals surface area contributed by atoms with Gasteiger partial charge in [-0.2, -0.15) is 0 Å². The van der Waals surface area contributed by atoms with E-state index in [0.717, 1.165) is 14.7 Å². The summed E-state index contributed by atoms with van der Waals surface area (Å²) in [5.74, 6) is 0.173. The smallest absolute Gasteiger partial charge is 0.363 e. The number of aliphatic imine (C=N–C) groups is 1. The molecule has 0 bridgehead atoms. The molecule has 32 heavy (non-hydrogen) atoms. The molecule has 3 aromatic carbocycles. The lowest BCUT2D eigenvalue weighted by Crippen LogP contribution is -2.06. The topological polar surface area (TPSA) is 57.1 Å². The Labute approximate surface area is 198 Å². The molecule has 4 rings (SSSR count). The van der Waals surface area contributed by atoms with Crippen molar-refractivity contribution in [2.24, 2.45) is 4.99 Å². The maximum atomic E-state index is 14.0. The lowest BCUT2D eigenvalue weighted by molar-refractivity contribution is -0.129. The number of benzene rings is 3. The average molecular weight is 543 g/mol. The van der Waals surface area contributed by atoms with Crippen molar-refractivity contribution < 1.29 is 23.4 Å². The van der Waals surface area contributed by atoms with E-state index in [1.54, 1.807) is 42.5 Å². The maximum absolute atomic E-state index is 14.0. The van der Waals surface area contributed by atoms with Crippen molar-refractivity contribution in [2.45, 2.75) is 13.5 Å². The SMILES string of the molecule is COc1cccc(/C=C2\N=C(c3ccc(I)c(C)c3)OC2=O)c1OCc1ccccc1F. The van der Waals surface area contributed by atoms with Crippen molar-refractivity contribution >= 4 is 40.5 Å². The quantitative estimate of drug-likeness (QED) is 0.229. The van der Waals surface area contributed by atoms with Gasteiger partial charge < -0.3 is 14.2 Å². The maximum Gasteiger partial charge on any atom is 0.363 e. The zero-order valence-electron chi connectivity index (χ0n) is 17.4. The molecular formula is C25H19FINO4. The number of halogens is 2. The van der Waals surface area contributed by atoms with Crippen LogP contribution in [0.2, 0.25) is 0 Å². The van der Waals surface area contributed by atoms with Crippen LogP contribution in [0.3, 0.4) is 0 Å². The molecule has 0 aliphatic carbocycles. The third-order valence-corrected chi connectivity index (χ3v) is 6.09. The third-order valence-electron chi connectivity index (χ3n) is 4.88. The lowest BCUT2D eigenvalue weighted by Gasteiger charge is -2.14. The van der Waals surface area contributed by atoms with E-state index in [4.69, 9.17) is 14.2 Å². The van der Waals surface area contributed by atoms with Gasteiger partial charge in [-0.15, -0.1) is 0 Å². The summed E-state index contributed by atoms with van der Waals surface area (Å²) in [7, 11) is 1.52. The van der Waals surface area contributed by atoms with Crippen LogP contribution in [-0.2, 0) is 16.1 Å². The number of aryl methyl sites for hydroxylation is 1. The van der Waals surface area contributed by atoms with Gasteiger partial charge in [0.2, 0.25) is 5.90 Å². The van der Waals surface area contributed by atoms with Gasteiger partial charge in [0.25, 0.3) is 0 Å². The van der Waals surface area contributed by atoms with E-state index in [0.29, 0.717) is 22.6 Å². The summed E-state index contributed by atoms with van der Waals surface area (Å²) in [6.07, 6.45) is 1.58. The molecule has 0 aromatic heterocycles. The number of nitrogens with zero attached hydrogens (tertiary/aromatic N) is 1. The van der Waals surface area contributed by atoms with E-state index in [9.17, 15) is 9.18 Å². The molecule has 0 amide bonds. The number of ether oxygens (including phenoxy) is 3. The van der Waals surface area contributed by atoms with Crippen LogP contribution in [0, 0.1) is 16.3 Å². The molecule has 162 valence electrons. The number of carbonyl (C=O) groups is 1. The largest absolute Gasteiger partial charge is 0.493 e. The molecule has 0 unspecified atom stereocenters. The molecular weight excluding hydrogens is 524 g/mol. The molecule has 5 nitrogen and oxygen atoms in total. The number of hydrogen-bond acceptors (Lipinski definition) is 5. The number of cyclic esters (lactones) is 1. The summed E-state index contributed by atoms with van der Waals surface area (Å²) in [6, 6.07) is 17.4. The molecule has 0 saturated heterocycles. The minimum atomic E-state index is -0.556. The Kier molecular flexibility index (Phi) is 6.55. The Hall–Kier alpha value is -3.20. The summed E-state index contributed by atoms with van der Waals surface area (Å²) in [6.45, 7) is 1.99. The zero-order chi connectivity index (χ0) is 22.7. The highest BCUT2D eigenvalue weighted by atomic mass is 127. The van der Waals surface area contributed by atoms with E-state index in [2.05, 4.69) is 27.6 Å². The molecule has 7 heteroatoms. The number of rotatable bonds is 6. The van der Waals surface area contributed by atoms with Gasteiger partial charge in [0.1, 0.15) is 12.4 Å². The van der Waals surface area contributed by atoms with Crippen LogP contribution in [0.15, 0.2) is 71.4 Å². The van der Waals surface area contributed by atoms with E-state index >= 15 is 0 Å². The molecule has 1 heterocycles. The number of carbonyl (C=O) groups excluding carboxylic acids is 1. The monoisotopic (exact) mass is 543 g/mol. The summed E-state index contributed by atoms with van der Waals surface area (Å²) in [5, 5.41) is 0. The van der Waals surface area contributed by atoms with E-state index in [-0.39, 0.29) is 24.0 Å². The van der Waals surface area contributed by atoms with Crippen molar-refractivity contribution in [3.8, 4) is 11.5 Å². The first-order chi connectivity index (χ1) is 15.5. The summed E-state index contributed by atoms with van der Waals surface area (Å²) in [5.41, 5.74) is 2.90. The Morgan fingerprint density at radius 2 is 1.94 bits per heavy atom. The highest BCUT2D eigenvalue weighted by Gasteiger charge is 2.25. The first kappa shape index (κ1) is 22.0. The molecule has 3 aromatic rings. The van der Waals surface area contributed by atoms with Crippen LogP contribution in [0.1, 0.15) is 22.3 Å². The fraction of sp³-hybridized carbons (Fsp3) is 0.120. The molecule has 0 N–H and O–H groups in total. The molecule has 0 fully saturated rings. The number of methoxy groups -OCH3 is 1. The lowest BCUT2D eigenvalue weighted by atomic mass is 10.1. The van der Waals surface area contributed by atoms with Crippen LogP contribution in [-0.4, -0.2) is 19.0 Å². The summed E-state index contributed by atoms with van der Waals surface area (Å²) in [4.78, 5) is 16.9. The second kappa shape index (κ2) is 9.52. The van der Waals surface area contributed by atoms with E-state index in [1.165, 1.54) is 13.2 Å². The van der Waals surface area contributed by atoms with Gasteiger partial charge in [0, 0.05) is 20.3 Å². The minimum Gasteiger partial charge on any atom is -0.493 e. The van der Waals surface area contributed by atoms with E-state index < -0.39 is 5.97 Å². The summed E-state index contributed by atoms with van der Waals surface area (Å²) < 4.78 is 31.8. The first-order valence-electron chi connectivity index (χ1n) is 9.78. The Morgan fingerprint density at radius 1 is 1.12 bits per heavy atom. The third kappa shape index (κ3) is 4.67. The zero-order valence-corrected chi connectivity index (χ0v) is 19.6. The van der Waals surface area contributed by atoms with Crippen LogP contribution in [0.25, 0.3) is 6.08 Å². The molecule has 1 aliphatic rings. The highest BCUT2D eigenvalue weighted by molar-refractivity contribution is 14.1. The second-order valence-corrected chi connectivity index (χ2v) is 8.22.